The molecule has 3 atom stereocenters. The first kappa shape index (κ1) is 18.6. The number of nitrogens with zero attached hydrogens (tertiary/aromatic N) is 3. The number of hydrogen-bond acceptors (Lipinski definition) is 3. The molecule has 5 rings (SSSR count). The standard InChI is InChI=1S/C24H28FN3O/c1-16-12-17(4-7-22(16)25)19-13-20-5-6-21(14-19)28(20)23-15-18(8-9-26-23)24(29)27-10-2-3-11-27/h4,7-9,12,15,19-21H,2-3,5-6,10-11,13-14H2,1H3/t19?,20-,21+. The largest absolute Gasteiger partial charge is 0.351 e. The SMILES string of the molecule is Cc1cc(C2C[C@H]3CC[C@@H](C2)N3c2cc(C(=O)N3CCCC3)ccn2)ccc1F. The molecule has 2 aromatic rings. The van der Waals surface area contributed by atoms with Crippen molar-refractivity contribution in [3.63, 3.8) is 0 Å². The maximum absolute atomic E-state index is 13.7. The van der Waals surface area contributed by atoms with E-state index >= 15 is 0 Å². The summed E-state index contributed by atoms with van der Waals surface area (Å²) >= 11 is 0. The van der Waals surface area contributed by atoms with E-state index in [0.29, 0.717) is 18.0 Å². The van der Waals surface area contributed by atoms with E-state index in [0.717, 1.165) is 68.6 Å². The van der Waals surface area contributed by atoms with Crippen molar-refractivity contribution in [2.45, 2.75) is 63.5 Å². The first-order valence-electron chi connectivity index (χ1n) is 10.9. The van der Waals surface area contributed by atoms with Crippen molar-refractivity contribution in [3.05, 3.63) is 59.0 Å². The van der Waals surface area contributed by atoms with E-state index in [1.54, 1.807) is 12.3 Å². The molecular formula is C24H28FN3O. The van der Waals surface area contributed by atoms with E-state index in [9.17, 15) is 9.18 Å². The molecule has 0 aliphatic carbocycles. The molecule has 29 heavy (non-hydrogen) atoms. The summed E-state index contributed by atoms with van der Waals surface area (Å²) in [6, 6.07) is 10.3. The maximum Gasteiger partial charge on any atom is 0.254 e. The Bertz CT molecular complexity index is 910. The summed E-state index contributed by atoms with van der Waals surface area (Å²) in [7, 11) is 0. The minimum Gasteiger partial charge on any atom is -0.351 e. The molecule has 3 fully saturated rings. The monoisotopic (exact) mass is 393 g/mol. The topological polar surface area (TPSA) is 36.4 Å². The number of amides is 1. The Hall–Kier alpha value is -2.43. The van der Waals surface area contributed by atoms with Crippen LogP contribution in [0.5, 0.6) is 0 Å². The number of carbonyl (C=O) groups excluding carboxylic acids is 1. The van der Waals surface area contributed by atoms with E-state index in [2.05, 4.69) is 9.88 Å². The van der Waals surface area contributed by atoms with Gasteiger partial charge in [-0.05, 0) is 80.7 Å². The van der Waals surface area contributed by atoms with E-state index in [1.807, 2.05) is 36.1 Å². The van der Waals surface area contributed by atoms with Crippen LogP contribution in [0.4, 0.5) is 10.2 Å². The van der Waals surface area contributed by atoms with Gasteiger partial charge >= 0.3 is 0 Å². The van der Waals surface area contributed by atoms with Crippen molar-refractivity contribution in [1.82, 2.24) is 9.88 Å². The summed E-state index contributed by atoms with van der Waals surface area (Å²) in [6.45, 7) is 3.57. The van der Waals surface area contributed by atoms with Crippen LogP contribution in [-0.4, -0.2) is 41.0 Å². The van der Waals surface area contributed by atoms with Gasteiger partial charge in [-0.15, -0.1) is 0 Å². The molecule has 3 saturated heterocycles. The van der Waals surface area contributed by atoms with Gasteiger partial charge in [0.05, 0.1) is 0 Å². The molecule has 0 radical (unpaired) electrons. The van der Waals surface area contributed by atoms with Gasteiger partial charge < -0.3 is 9.80 Å². The van der Waals surface area contributed by atoms with Gasteiger partial charge in [0.1, 0.15) is 11.6 Å². The fourth-order valence-electron chi connectivity index (χ4n) is 5.54. The van der Waals surface area contributed by atoms with Gasteiger partial charge in [0.15, 0.2) is 0 Å². The molecule has 1 aromatic carbocycles. The molecule has 3 aliphatic rings. The van der Waals surface area contributed by atoms with E-state index in [-0.39, 0.29) is 11.7 Å². The Morgan fingerprint density at radius 1 is 1.07 bits per heavy atom. The number of aryl methyl sites for hydroxylation is 1. The minimum atomic E-state index is -0.127. The molecular weight excluding hydrogens is 365 g/mol. The Morgan fingerprint density at radius 2 is 1.79 bits per heavy atom. The average Bonchev–Trinajstić information content (AvgIpc) is 3.36. The van der Waals surface area contributed by atoms with Crippen LogP contribution >= 0.6 is 0 Å². The van der Waals surface area contributed by atoms with Gasteiger partial charge in [0.25, 0.3) is 5.91 Å². The third kappa shape index (κ3) is 3.41. The highest BCUT2D eigenvalue weighted by Gasteiger charge is 2.42. The second-order valence-corrected chi connectivity index (χ2v) is 8.87. The lowest BCUT2D eigenvalue weighted by atomic mass is 9.84. The molecule has 0 saturated carbocycles. The van der Waals surface area contributed by atoms with Gasteiger partial charge in [-0.2, -0.15) is 0 Å². The molecule has 1 unspecified atom stereocenters. The fraction of sp³-hybridized carbons (Fsp3) is 0.500. The van der Waals surface area contributed by atoms with Crippen molar-refractivity contribution in [2.24, 2.45) is 0 Å². The highest BCUT2D eigenvalue weighted by atomic mass is 19.1. The van der Waals surface area contributed by atoms with Gasteiger partial charge in [-0.25, -0.2) is 9.37 Å². The van der Waals surface area contributed by atoms with Crippen molar-refractivity contribution < 1.29 is 9.18 Å². The van der Waals surface area contributed by atoms with Crippen molar-refractivity contribution in [3.8, 4) is 0 Å². The molecule has 0 N–H and O–H groups in total. The lowest BCUT2D eigenvalue weighted by Gasteiger charge is -2.40. The number of rotatable bonds is 3. The Balaban J connectivity index is 1.36. The number of halogens is 1. The minimum absolute atomic E-state index is 0.127. The number of hydrogen-bond donors (Lipinski definition) is 0. The summed E-state index contributed by atoms with van der Waals surface area (Å²) < 4.78 is 13.7. The predicted octanol–water partition coefficient (Wildman–Crippen LogP) is 4.68. The zero-order chi connectivity index (χ0) is 20.0. The predicted molar refractivity (Wildman–Crippen MR) is 112 cm³/mol. The van der Waals surface area contributed by atoms with Crippen molar-refractivity contribution in [2.75, 3.05) is 18.0 Å². The molecule has 152 valence electrons. The molecule has 3 aliphatic heterocycles. The summed E-state index contributed by atoms with van der Waals surface area (Å²) in [5, 5.41) is 0. The molecule has 5 heteroatoms. The second kappa shape index (κ2) is 7.43. The van der Waals surface area contributed by atoms with Crippen molar-refractivity contribution in [1.29, 1.82) is 0 Å². The van der Waals surface area contributed by atoms with Crippen LogP contribution in [0.3, 0.4) is 0 Å². The van der Waals surface area contributed by atoms with Crippen LogP contribution in [0.15, 0.2) is 36.5 Å². The summed E-state index contributed by atoms with van der Waals surface area (Å²) in [4.78, 5) is 21.9. The molecule has 4 heterocycles. The lowest BCUT2D eigenvalue weighted by molar-refractivity contribution is 0.0792. The lowest BCUT2D eigenvalue weighted by Crippen LogP contribution is -2.43. The van der Waals surface area contributed by atoms with Crippen LogP contribution in [-0.2, 0) is 0 Å². The number of pyridine rings is 1. The normalized spacial score (nSPS) is 26.2. The molecule has 4 nitrogen and oxygen atoms in total. The van der Waals surface area contributed by atoms with Gasteiger partial charge in [0.2, 0.25) is 0 Å². The molecule has 2 bridgehead atoms. The fourth-order valence-corrected chi connectivity index (χ4v) is 5.54. The number of piperidine rings is 1. The number of anilines is 1. The highest BCUT2D eigenvalue weighted by Crippen LogP contribution is 2.45. The van der Waals surface area contributed by atoms with Crippen LogP contribution in [0.2, 0.25) is 0 Å². The summed E-state index contributed by atoms with van der Waals surface area (Å²) in [5.74, 6) is 1.42. The number of benzene rings is 1. The molecule has 1 amide bonds. The number of fused-ring (bicyclic) bond motifs is 2. The van der Waals surface area contributed by atoms with Crippen LogP contribution < -0.4 is 4.90 Å². The third-order valence-corrected chi connectivity index (χ3v) is 7.04. The van der Waals surface area contributed by atoms with Crippen LogP contribution in [0.1, 0.15) is 65.9 Å². The van der Waals surface area contributed by atoms with E-state index in [4.69, 9.17) is 0 Å². The average molecular weight is 394 g/mol. The van der Waals surface area contributed by atoms with Crippen LogP contribution in [0, 0.1) is 12.7 Å². The Morgan fingerprint density at radius 3 is 2.48 bits per heavy atom. The Kier molecular flexibility index (Phi) is 4.76. The highest BCUT2D eigenvalue weighted by molar-refractivity contribution is 5.95. The second-order valence-electron chi connectivity index (χ2n) is 8.87. The van der Waals surface area contributed by atoms with Gasteiger partial charge in [-0.3, -0.25) is 4.79 Å². The van der Waals surface area contributed by atoms with Crippen LogP contribution in [0.25, 0.3) is 0 Å². The molecule has 1 aromatic heterocycles. The van der Waals surface area contributed by atoms with Gasteiger partial charge in [0, 0.05) is 36.9 Å². The first-order chi connectivity index (χ1) is 14.1. The number of likely N-dealkylation sites (tertiary alicyclic amines) is 1. The Labute approximate surface area is 171 Å². The summed E-state index contributed by atoms with van der Waals surface area (Å²) in [5.41, 5.74) is 2.74. The van der Waals surface area contributed by atoms with Crippen molar-refractivity contribution >= 4 is 11.7 Å². The third-order valence-electron chi connectivity index (χ3n) is 7.04. The maximum atomic E-state index is 13.7. The zero-order valence-corrected chi connectivity index (χ0v) is 17.0. The first-order valence-corrected chi connectivity index (χ1v) is 10.9. The van der Waals surface area contributed by atoms with Gasteiger partial charge in [-0.1, -0.05) is 12.1 Å². The molecule has 0 spiro atoms. The van der Waals surface area contributed by atoms with E-state index < -0.39 is 0 Å². The smallest absolute Gasteiger partial charge is 0.254 e. The number of carbonyl (C=O) groups is 1. The quantitative estimate of drug-likeness (QED) is 0.760. The van der Waals surface area contributed by atoms with E-state index in [1.165, 1.54) is 5.56 Å². The zero-order valence-electron chi connectivity index (χ0n) is 17.0. The number of aromatic nitrogens is 1. The summed E-state index contributed by atoms with van der Waals surface area (Å²) in [6.07, 6.45) is 8.43.